The van der Waals surface area contributed by atoms with E-state index >= 15 is 0 Å². The number of nitrogens with one attached hydrogen (secondary N) is 3. The zero-order valence-corrected chi connectivity index (χ0v) is 18.6. The number of benzene rings is 2. The highest BCUT2D eigenvalue weighted by Crippen LogP contribution is 2.13. The number of amides is 3. The van der Waals surface area contributed by atoms with Gasteiger partial charge >= 0.3 is 0 Å². The van der Waals surface area contributed by atoms with E-state index in [9.17, 15) is 14.4 Å². The first-order valence-electron chi connectivity index (χ1n) is 11.0. The van der Waals surface area contributed by atoms with Crippen LogP contribution in [0.15, 0.2) is 71.3 Å². The van der Waals surface area contributed by atoms with Crippen LogP contribution in [0.5, 0.6) is 0 Å². The fourth-order valence-corrected chi connectivity index (χ4v) is 3.45. The third-order valence-electron chi connectivity index (χ3n) is 5.32. The SMILES string of the molecule is O=C(CNc1ccc(C(=O)N2CCOCC2)cc1)Nc1ccc(C(=O)NCc2ccco2)cc1. The van der Waals surface area contributed by atoms with Crippen molar-refractivity contribution in [1.82, 2.24) is 10.2 Å². The lowest BCUT2D eigenvalue weighted by Gasteiger charge is -2.26. The summed E-state index contributed by atoms with van der Waals surface area (Å²) >= 11 is 0. The van der Waals surface area contributed by atoms with Crippen molar-refractivity contribution in [3.8, 4) is 0 Å². The molecule has 3 aromatic rings. The Morgan fingerprint density at radius 1 is 0.853 bits per heavy atom. The Morgan fingerprint density at radius 3 is 2.21 bits per heavy atom. The van der Waals surface area contributed by atoms with Crippen LogP contribution in [0.3, 0.4) is 0 Å². The van der Waals surface area contributed by atoms with Crippen molar-refractivity contribution in [1.29, 1.82) is 0 Å². The maximum absolute atomic E-state index is 12.5. The molecule has 4 rings (SSSR count). The minimum atomic E-state index is -0.233. The fraction of sp³-hybridized carbons (Fsp3) is 0.240. The van der Waals surface area contributed by atoms with Gasteiger partial charge in [0.15, 0.2) is 0 Å². The van der Waals surface area contributed by atoms with E-state index in [-0.39, 0.29) is 24.3 Å². The van der Waals surface area contributed by atoms with Crippen LogP contribution in [0.4, 0.5) is 11.4 Å². The smallest absolute Gasteiger partial charge is 0.254 e. The Balaban J connectivity index is 1.22. The topological polar surface area (TPSA) is 113 Å². The maximum atomic E-state index is 12.5. The maximum Gasteiger partial charge on any atom is 0.254 e. The predicted molar refractivity (Wildman–Crippen MR) is 127 cm³/mol. The summed E-state index contributed by atoms with van der Waals surface area (Å²) in [4.78, 5) is 38.8. The Kier molecular flexibility index (Phi) is 7.56. The number of ether oxygens (including phenoxy) is 1. The van der Waals surface area contributed by atoms with E-state index in [0.717, 1.165) is 5.69 Å². The van der Waals surface area contributed by atoms with Gasteiger partial charge < -0.3 is 30.0 Å². The molecule has 2 aromatic carbocycles. The Hall–Kier alpha value is -4.11. The number of nitrogens with zero attached hydrogens (tertiary/aromatic N) is 1. The first-order chi connectivity index (χ1) is 16.6. The monoisotopic (exact) mass is 462 g/mol. The molecule has 9 heteroatoms. The van der Waals surface area contributed by atoms with Crippen LogP contribution in [0.25, 0.3) is 0 Å². The second-order valence-electron chi connectivity index (χ2n) is 7.72. The molecule has 1 aliphatic rings. The lowest BCUT2D eigenvalue weighted by Crippen LogP contribution is -2.40. The van der Waals surface area contributed by atoms with E-state index in [4.69, 9.17) is 9.15 Å². The van der Waals surface area contributed by atoms with E-state index in [1.165, 1.54) is 0 Å². The lowest BCUT2D eigenvalue weighted by atomic mass is 10.1. The minimum absolute atomic E-state index is 0.0225. The normalized spacial score (nSPS) is 13.2. The fourth-order valence-electron chi connectivity index (χ4n) is 3.45. The molecule has 0 bridgehead atoms. The molecule has 0 spiro atoms. The number of hydrogen-bond acceptors (Lipinski definition) is 6. The van der Waals surface area contributed by atoms with Gasteiger partial charge in [0.1, 0.15) is 5.76 Å². The molecule has 0 unspecified atom stereocenters. The van der Waals surface area contributed by atoms with Gasteiger partial charge in [0.2, 0.25) is 5.91 Å². The highest BCUT2D eigenvalue weighted by molar-refractivity contribution is 5.97. The summed E-state index contributed by atoms with van der Waals surface area (Å²) in [5, 5.41) is 8.59. The molecule has 0 atom stereocenters. The molecule has 0 aliphatic carbocycles. The van der Waals surface area contributed by atoms with Crippen LogP contribution in [0.1, 0.15) is 26.5 Å². The van der Waals surface area contributed by atoms with Gasteiger partial charge in [-0.3, -0.25) is 14.4 Å². The number of carbonyl (C=O) groups is 3. The molecule has 176 valence electrons. The number of morpholine rings is 1. The molecule has 1 aliphatic heterocycles. The molecular formula is C25H26N4O5. The average molecular weight is 463 g/mol. The molecule has 1 saturated heterocycles. The highest BCUT2D eigenvalue weighted by atomic mass is 16.5. The first-order valence-corrected chi connectivity index (χ1v) is 11.0. The van der Waals surface area contributed by atoms with E-state index in [0.29, 0.717) is 55.4 Å². The van der Waals surface area contributed by atoms with E-state index in [1.54, 1.807) is 71.8 Å². The van der Waals surface area contributed by atoms with Crippen molar-refractivity contribution in [2.24, 2.45) is 0 Å². The summed E-state index contributed by atoms with van der Waals surface area (Å²) in [6, 6.07) is 17.2. The number of hydrogen-bond donors (Lipinski definition) is 3. The van der Waals surface area contributed by atoms with Crippen molar-refractivity contribution in [2.75, 3.05) is 43.5 Å². The first kappa shape index (κ1) is 23.1. The Morgan fingerprint density at radius 2 is 1.53 bits per heavy atom. The zero-order valence-electron chi connectivity index (χ0n) is 18.6. The van der Waals surface area contributed by atoms with Crippen molar-refractivity contribution < 1.29 is 23.5 Å². The molecule has 3 amide bonds. The van der Waals surface area contributed by atoms with E-state index < -0.39 is 0 Å². The molecule has 3 N–H and O–H groups in total. The quantitative estimate of drug-likeness (QED) is 0.475. The van der Waals surface area contributed by atoms with E-state index in [1.807, 2.05) is 0 Å². The summed E-state index contributed by atoms with van der Waals surface area (Å²) in [5.74, 6) is 0.184. The number of furan rings is 1. The second kappa shape index (κ2) is 11.2. The van der Waals surface area contributed by atoms with Gasteiger partial charge in [-0.1, -0.05) is 0 Å². The Bertz CT molecular complexity index is 1110. The summed E-state index contributed by atoms with van der Waals surface area (Å²) < 4.78 is 10.5. The zero-order chi connectivity index (χ0) is 23.8. The Labute approximate surface area is 197 Å². The summed E-state index contributed by atoms with van der Waals surface area (Å²) in [6.45, 7) is 2.66. The van der Waals surface area contributed by atoms with Crippen molar-refractivity contribution in [3.05, 3.63) is 83.8 Å². The minimum Gasteiger partial charge on any atom is -0.467 e. The predicted octanol–water partition coefficient (Wildman–Crippen LogP) is 2.73. The van der Waals surface area contributed by atoms with Crippen LogP contribution in [0.2, 0.25) is 0 Å². The number of rotatable bonds is 8. The van der Waals surface area contributed by atoms with Crippen LogP contribution >= 0.6 is 0 Å². The van der Waals surface area contributed by atoms with Gasteiger partial charge in [0, 0.05) is 35.6 Å². The summed E-state index contributed by atoms with van der Waals surface area (Å²) in [6.07, 6.45) is 1.55. The van der Waals surface area contributed by atoms with Gasteiger partial charge in [-0.15, -0.1) is 0 Å². The van der Waals surface area contributed by atoms with Gasteiger partial charge in [0.25, 0.3) is 11.8 Å². The molecular weight excluding hydrogens is 436 g/mol. The van der Waals surface area contributed by atoms with Gasteiger partial charge in [-0.2, -0.15) is 0 Å². The average Bonchev–Trinajstić information content (AvgIpc) is 3.41. The van der Waals surface area contributed by atoms with Crippen molar-refractivity contribution in [2.45, 2.75) is 6.54 Å². The lowest BCUT2D eigenvalue weighted by molar-refractivity contribution is -0.114. The molecule has 2 heterocycles. The largest absolute Gasteiger partial charge is 0.467 e. The highest BCUT2D eigenvalue weighted by Gasteiger charge is 2.18. The third kappa shape index (κ3) is 6.23. The van der Waals surface area contributed by atoms with Crippen LogP contribution in [-0.2, 0) is 16.1 Å². The molecule has 1 fully saturated rings. The molecule has 0 saturated carbocycles. The standard InChI is InChI=1S/C25H26N4O5/c30-23(17-26-20-7-5-19(6-8-20)25(32)29-11-14-33-15-12-29)28-21-9-3-18(4-10-21)24(31)27-16-22-2-1-13-34-22/h1-10,13,26H,11-12,14-17H2,(H,27,31)(H,28,30). The summed E-state index contributed by atoms with van der Waals surface area (Å²) in [7, 11) is 0. The molecule has 9 nitrogen and oxygen atoms in total. The van der Waals surface area contributed by atoms with Gasteiger partial charge in [-0.05, 0) is 60.7 Å². The van der Waals surface area contributed by atoms with Crippen LogP contribution < -0.4 is 16.0 Å². The number of carbonyl (C=O) groups excluding carboxylic acids is 3. The second-order valence-corrected chi connectivity index (χ2v) is 7.72. The van der Waals surface area contributed by atoms with Crippen molar-refractivity contribution >= 4 is 29.1 Å². The van der Waals surface area contributed by atoms with Crippen molar-refractivity contribution in [3.63, 3.8) is 0 Å². The molecule has 0 radical (unpaired) electrons. The molecule has 34 heavy (non-hydrogen) atoms. The summed E-state index contributed by atoms with van der Waals surface area (Å²) in [5.41, 5.74) is 2.40. The third-order valence-corrected chi connectivity index (χ3v) is 5.32. The van der Waals surface area contributed by atoms with Crippen LogP contribution in [0, 0.1) is 0 Å². The van der Waals surface area contributed by atoms with Gasteiger partial charge in [-0.25, -0.2) is 0 Å². The van der Waals surface area contributed by atoms with Crippen LogP contribution in [-0.4, -0.2) is 55.5 Å². The molecule has 1 aromatic heterocycles. The van der Waals surface area contributed by atoms with E-state index in [2.05, 4.69) is 16.0 Å². The van der Waals surface area contributed by atoms with Gasteiger partial charge in [0.05, 0.1) is 32.6 Å². The number of anilines is 2.